The minimum atomic E-state index is -0.780. The first kappa shape index (κ1) is 16.6. The van der Waals surface area contributed by atoms with Crippen LogP contribution < -0.4 is 9.64 Å². The molecule has 140 valence electrons. The number of benzene rings is 1. The number of fused-ring (bicyclic) bond motifs is 1. The summed E-state index contributed by atoms with van der Waals surface area (Å²) in [4.78, 5) is 4.71. The summed E-state index contributed by atoms with van der Waals surface area (Å²) in [6.07, 6.45) is 4.69. The molecule has 1 aliphatic carbocycles. The van der Waals surface area contributed by atoms with Crippen LogP contribution in [0.2, 0.25) is 0 Å². The third-order valence-electron chi connectivity index (χ3n) is 7.78. The quantitative estimate of drug-likeness (QED) is 0.787. The topological polar surface area (TPSA) is 56.2 Å². The van der Waals surface area contributed by atoms with Crippen LogP contribution in [0.1, 0.15) is 25.3 Å². The predicted octanol–water partition coefficient (Wildman–Crippen LogP) is 1.53. The maximum Gasteiger partial charge on any atom is 0.120 e. The van der Waals surface area contributed by atoms with Gasteiger partial charge in [-0.25, -0.2) is 0 Å². The van der Waals surface area contributed by atoms with E-state index in [1.165, 1.54) is 5.56 Å². The maximum absolute atomic E-state index is 11.3. The van der Waals surface area contributed by atoms with E-state index in [1.807, 2.05) is 13.1 Å². The monoisotopic (exact) mass is 356 g/mol. The molecule has 0 amide bonds. The van der Waals surface area contributed by atoms with Crippen LogP contribution in [0.15, 0.2) is 30.4 Å². The Balaban J connectivity index is 1.78. The van der Waals surface area contributed by atoms with Gasteiger partial charge in [-0.3, -0.25) is 4.90 Å². The van der Waals surface area contributed by atoms with Gasteiger partial charge in [0.25, 0.3) is 0 Å². The van der Waals surface area contributed by atoms with Crippen LogP contribution in [0.3, 0.4) is 0 Å². The minimum absolute atomic E-state index is 0.110. The van der Waals surface area contributed by atoms with Crippen molar-refractivity contribution < 1.29 is 14.9 Å². The number of aliphatic hydroxyl groups excluding tert-OH is 2. The number of hydrogen-bond acceptors (Lipinski definition) is 5. The second-order valence-corrected chi connectivity index (χ2v) is 8.43. The molecular formula is C21H28N2O3. The molecular weight excluding hydrogens is 328 g/mol. The summed E-state index contributed by atoms with van der Waals surface area (Å²) in [6.45, 7) is 4.08. The van der Waals surface area contributed by atoms with Gasteiger partial charge in [0, 0.05) is 42.2 Å². The van der Waals surface area contributed by atoms with Crippen LogP contribution in [-0.2, 0) is 5.41 Å². The van der Waals surface area contributed by atoms with E-state index in [4.69, 9.17) is 4.74 Å². The van der Waals surface area contributed by atoms with Crippen molar-refractivity contribution in [2.45, 2.75) is 49.5 Å². The largest absolute Gasteiger partial charge is 0.497 e. The van der Waals surface area contributed by atoms with E-state index in [-0.39, 0.29) is 17.5 Å². The molecule has 6 atom stereocenters. The molecule has 1 aromatic rings. The third kappa shape index (κ3) is 1.63. The summed E-state index contributed by atoms with van der Waals surface area (Å²) >= 11 is 0. The highest BCUT2D eigenvalue weighted by atomic mass is 16.5. The number of aliphatic hydroxyl groups is 2. The van der Waals surface area contributed by atoms with Crippen LogP contribution in [0.4, 0.5) is 5.69 Å². The number of rotatable bonds is 2. The van der Waals surface area contributed by atoms with Crippen molar-refractivity contribution in [3.8, 4) is 5.75 Å². The van der Waals surface area contributed by atoms with Crippen LogP contribution in [0.5, 0.6) is 5.75 Å². The number of anilines is 1. The van der Waals surface area contributed by atoms with Crippen molar-refractivity contribution in [1.29, 1.82) is 0 Å². The fourth-order valence-electron chi connectivity index (χ4n) is 6.81. The van der Waals surface area contributed by atoms with Crippen molar-refractivity contribution in [3.63, 3.8) is 0 Å². The molecule has 2 N–H and O–H groups in total. The molecule has 26 heavy (non-hydrogen) atoms. The first-order valence-electron chi connectivity index (χ1n) is 9.70. The Bertz CT molecular complexity index is 781. The Morgan fingerprint density at radius 2 is 2.12 bits per heavy atom. The SMILES string of the molecule is CC[C@]12C=CCN3CCC4(c5ccc(OC)cc5N(C)C4C(O)C1O)C32. The van der Waals surface area contributed by atoms with E-state index in [2.05, 4.69) is 41.0 Å². The normalized spacial score (nSPS) is 43.2. The summed E-state index contributed by atoms with van der Waals surface area (Å²) < 4.78 is 5.45. The molecule has 5 rings (SSSR count). The Morgan fingerprint density at radius 3 is 2.85 bits per heavy atom. The van der Waals surface area contributed by atoms with Gasteiger partial charge in [0.2, 0.25) is 0 Å². The number of nitrogens with zero attached hydrogens (tertiary/aromatic N) is 2. The molecule has 1 saturated carbocycles. The molecule has 0 bridgehead atoms. The number of hydrogen-bond donors (Lipinski definition) is 2. The first-order chi connectivity index (χ1) is 12.5. The molecule has 1 saturated heterocycles. The molecule has 4 aliphatic rings. The molecule has 3 heterocycles. The lowest BCUT2D eigenvalue weighted by molar-refractivity contribution is -0.139. The standard InChI is InChI=1S/C21H28N2O3/c1-4-20-8-5-10-23-11-9-21(19(20)23)14-7-6-13(26-3)12-15(14)22(2)17(21)16(24)18(20)25/h5-8,12,16-19,24-25H,4,9-11H2,1-3H3/t16?,17?,18?,19?,20-,21?/m0/s1. The van der Waals surface area contributed by atoms with E-state index in [9.17, 15) is 10.2 Å². The second-order valence-electron chi connectivity index (χ2n) is 8.43. The molecule has 3 aliphatic heterocycles. The Kier molecular flexibility index (Phi) is 3.35. The molecule has 1 spiro atoms. The van der Waals surface area contributed by atoms with E-state index >= 15 is 0 Å². The van der Waals surface area contributed by atoms with Gasteiger partial charge in [-0.2, -0.15) is 0 Å². The molecule has 1 aromatic carbocycles. The van der Waals surface area contributed by atoms with Gasteiger partial charge < -0.3 is 19.8 Å². The molecule has 2 fully saturated rings. The highest BCUT2D eigenvalue weighted by Crippen LogP contribution is 2.64. The van der Waals surface area contributed by atoms with Crippen molar-refractivity contribution >= 4 is 5.69 Å². The predicted molar refractivity (Wildman–Crippen MR) is 101 cm³/mol. The summed E-state index contributed by atoms with van der Waals surface area (Å²) in [5, 5.41) is 22.5. The van der Waals surface area contributed by atoms with Gasteiger partial charge in [0.1, 0.15) is 11.9 Å². The van der Waals surface area contributed by atoms with Gasteiger partial charge in [0.15, 0.2) is 0 Å². The lowest BCUT2D eigenvalue weighted by Crippen LogP contribution is -2.73. The average Bonchev–Trinajstić information content (AvgIpc) is 3.17. The molecule has 5 unspecified atom stereocenters. The van der Waals surface area contributed by atoms with Gasteiger partial charge in [-0.05, 0) is 31.0 Å². The molecule has 5 heteroatoms. The van der Waals surface area contributed by atoms with Crippen LogP contribution in [-0.4, -0.2) is 66.7 Å². The van der Waals surface area contributed by atoms with E-state index in [1.54, 1.807) is 7.11 Å². The van der Waals surface area contributed by atoms with Crippen molar-refractivity contribution in [2.24, 2.45) is 5.41 Å². The highest BCUT2D eigenvalue weighted by Gasteiger charge is 2.72. The summed E-state index contributed by atoms with van der Waals surface area (Å²) in [5.74, 6) is 0.834. The molecule has 5 nitrogen and oxygen atoms in total. The van der Waals surface area contributed by atoms with Crippen LogP contribution in [0, 0.1) is 5.41 Å². The average molecular weight is 356 g/mol. The highest BCUT2D eigenvalue weighted by molar-refractivity contribution is 5.69. The van der Waals surface area contributed by atoms with Gasteiger partial charge in [-0.15, -0.1) is 0 Å². The number of ether oxygens (including phenoxy) is 1. The van der Waals surface area contributed by atoms with E-state index in [0.717, 1.165) is 37.4 Å². The van der Waals surface area contributed by atoms with E-state index < -0.39 is 17.6 Å². The first-order valence-corrected chi connectivity index (χ1v) is 9.70. The van der Waals surface area contributed by atoms with Crippen molar-refractivity contribution in [1.82, 2.24) is 4.90 Å². The summed E-state index contributed by atoms with van der Waals surface area (Å²) in [7, 11) is 3.74. The lowest BCUT2D eigenvalue weighted by atomic mass is 9.51. The second kappa shape index (κ2) is 5.24. The zero-order chi connectivity index (χ0) is 18.3. The van der Waals surface area contributed by atoms with Gasteiger partial charge in [0.05, 0.1) is 19.3 Å². The van der Waals surface area contributed by atoms with Gasteiger partial charge in [-0.1, -0.05) is 25.1 Å². The van der Waals surface area contributed by atoms with Crippen LogP contribution >= 0.6 is 0 Å². The van der Waals surface area contributed by atoms with E-state index in [0.29, 0.717) is 0 Å². The summed E-state index contributed by atoms with van der Waals surface area (Å²) in [6, 6.07) is 6.41. The molecule has 0 radical (unpaired) electrons. The zero-order valence-corrected chi connectivity index (χ0v) is 15.7. The zero-order valence-electron chi connectivity index (χ0n) is 15.7. The molecule has 0 aromatic heterocycles. The third-order valence-corrected chi connectivity index (χ3v) is 7.78. The Hall–Kier alpha value is -1.56. The van der Waals surface area contributed by atoms with Gasteiger partial charge >= 0.3 is 0 Å². The fourth-order valence-corrected chi connectivity index (χ4v) is 6.81. The Labute approximate surface area is 154 Å². The summed E-state index contributed by atoms with van der Waals surface area (Å²) in [5.41, 5.74) is 1.88. The number of methoxy groups -OCH3 is 1. The van der Waals surface area contributed by atoms with Crippen molar-refractivity contribution in [3.05, 3.63) is 35.9 Å². The van der Waals surface area contributed by atoms with Crippen LogP contribution in [0.25, 0.3) is 0 Å². The lowest BCUT2D eigenvalue weighted by Gasteiger charge is -2.60. The minimum Gasteiger partial charge on any atom is -0.497 e. The maximum atomic E-state index is 11.3. The Morgan fingerprint density at radius 1 is 1.31 bits per heavy atom. The number of likely N-dealkylation sites (N-methyl/N-ethyl adjacent to an activating group) is 1. The smallest absolute Gasteiger partial charge is 0.120 e. The van der Waals surface area contributed by atoms with Crippen molar-refractivity contribution in [2.75, 3.05) is 32.1 Å². The fraction of sp³-hybridized carbons (Fsp3) is 0.619.